The van der Waals surface area contributed by atoms with Gasteiger partial charge >= 0.3 is 0 Å². The molecule has 0 radical (unpaired) electrons. The number of hydrogen-bond donors (Lipinski definition) is 1. The second-order valence-electron chi connectivity index (χ2n) is 3.96. The highest BCUT2D eigenvalue weighted by atomic mass is 16.5. The van der Waals surface area contributed by atoms with Gasteiger partial charge in [0.25, 0.3) is 0 Å². The Bertz CT molecular complexity index is 648. The number of aromatic nitrogens is 1. The number of pyridine rings is 1. The van der Waals surface area contributed by atoms with Gasteiger partial charge < -0.3 is 15.2 Å². The Hall–Kier alpha value is -2.74. The molecule has 0 aliphatic heterocycles. The van der Waals surface area contributed by atoms with E-state index in [0.717, 1.165) is 0 Å². The first-order valence-corrected chi connectivity index (χ1v) is 5.62. The molecule has 2 rings (SSSR count). The highest BCUT2D eigenvalue weighted by Crippen LogP contribution is 2.32. The van der Waals surface area contributed by atoms with Crippen molar-refractivity contribution in [2.24, 2.45) is 0 Å². The SMILES string of the molecule is COc1ccc(N)cc1Oc1cc(C#N)cc(C)n1. The van der Waals surface area contributed by atoms with E-state index >= 15 is 0 Å². The third-order valence-electron chi connectivity index (χ3n) is 2.46. The largest absolute Gasteiger partial charge is 0.493 e. The summed E-state index contributed by atoms with van der Waals surface area (Å²) in [4.78, 5) is 4.21. The molecule has 2 N–H and O–H groups in total. The summed E-state index contributed by atoms with van der Waals surface area (Å²) in [6.07, 6.45) is 0. The van der Waals surface area contributed by atoms with Crippen molar-refractivity contribution in [1.29, 1.82) is 5.26 Å². The van der Waals surface area contributed by atoms with Crippen LogP contribution in [0.5, 0.6) is 17.4 Å². The summed E-state index contributed by atoms with van der Waals surface area (Å²) in [6, 6.07) is 10.4. The maximum Gasteiger partial charge on any atom is 0.220 e. The summed E-state index contributed by atoms with van der Waals surface area (Å²) in [5.41, 5.74) is 7.47. The molecule has 0 aliphatic carbocycles. The van der Waals surface area contributed by atoms with Crippen molar-refractivity contribution in [3.63, 3.8) is 0 Å². The molecule has 0 saturated heterocycles. The van der Waals surface area contributed by atoms with Crippen molar-refractivity contribution in [3.05, 3.63) is 41.6 Å². The molecule has 19 heavy (non-hydrogen) atoms. The van der Waals surface area contributed by atoms with Crippen molar-refractivity contribution in [1.82, 2.24) is 4.98 Å². The molecule has 0 spiro atoms. The lowest BCUT2D eigenvalue weighted by Gasteiger charge is -2.10. The van der Waals surface area contributed by atoms with Gasteiger partial charge in [-0.1, -0.05) is 0 Å². The van der Waals surface area contributed by atoms with E-state index in [-0.39, 0.29) is 0 Å². The number of ether oxygens (including phenoxy) is 2. The first kappa shape index (κ1) is 12.7. The number of nitrogens with zero attached hydrogens (tertiary/aromatic N) is 2. The molecule has 1 heterocycles. The molecule has 1 aromatic carbocycles. The fourth-order valence-electron chi connectivity index (χ4n) is 1.64. The normalized spacial score (nSPS) is 9.74. The Morgan fingerprint density at radius 1 is 1.21 bits per heavy atom. The molecule has 0 bridgehead atoms. The molecular weight excluding hydrogens is 242 g/mol. The summed E-state index contributed by atoms with van der Waals surface area (Å²) in [5, 5.41) is 8.92. The van der Waals surface area contributed by atoms with Crippen LogP contribution in [0.2, 0.25) is 0 Å². The van der Waals surface area contributed by atoms with Crippen LogP contribution >= 0.6 is 0 Å². The van der Waals surface area contributed by atoms with Crippen LogP contribution < -0.4 is 15.2 Å². The Balaban J connectivity index is 2.38. The standard InChI is InChI=1S/C14H13N3O2/c1-9-5-10(8-15)6-14(17-9)19-13-7-11(16)3-4-12(13)18-2/h3-7H,16H2,1-2H3. The third kappa shape index (κ3) is 2.93. The van der Waals surface area contributed by atoms with E-state index in [0.29, 0.717) is 34.3 Å². The maximum absolute atomic E-state index is 8.92. The predicted molar refractivity (Wildman–Crippen MR) is 71.2 cm³/mol. The molecule has 2 aromatic rings. The second kappa shape index (κ2) is 5.27. The number of nitrogen functional groups attached to an aromatic ring is 1. The van der Waals surface area contributed by atoms with Crippen molar-refractivity contribution in [2.75, 3.05) is 12.8 Å². The minimum absolute atomic E-state index is 0.334. The summed E-state index contributed by atoms with van der Waals surface area (Å²) >= 11 is 0. The quantitative estimate of drug-likeness (QED) is 0.852. The van der Waals surface area contributed by atoms with Crippen LogP contribution in [-0.2, 0) is 0 Å². The summed E-state index contributed by atoms with van der Waals surface area (Å²) in [7, 11) is 1.54. The van der Waals surface area contributed by atoms with Crippen LogP contribution in [0, 0.1) is 18.3 Å². The van der Waals surface area contributed by atoms with E-state index < -0.39 is 0 Å². The molecular formula is C14H13N3O2. The molecule has 0 saturated carbocycles. The molecule has 0 aliphatic rings. The average molecular weight is 255 g/mol. The van der Waals surface area contributed by atoms with E-state index in [4.69, 9.17) is 20.5 Å². The zero-order valence-electron chi connectivity index (χ0n) is 10.7. The summed E-state index contributed by atoms with van der Waals surface area (Å²) < 4.78 is 10.8. The van der Waals surface area contributed by atoms with Crippen LogP contribution in [0.4, 0.5) is 5.69 Å². The number of anilines is 1. The highest BCUT2D eigenvalue weighted by Gasteiger charge is 2.08. The van der Waals surface area contributed by atoms with Crippen LogP contribution in [0.15, 0.2) is 30.3 Å². The van der Waals surface area contributed by atoms with Gasteiger partial charge in [0.15, 0.2) is 11.5 Å². The molecule has 0 amide bonds. The van der Waals surface area contributed by atoms with E-state index in [9.17, 15) is 0 Å². The van der Waals surface area contributed by atoms with Gasteiger partial charge in [0.2, 0.25) is 5.88 Å². The Morgan fingerprint density at radius 2 is 2.00 bits per heavy atom. The number of hydrogen-bond acceptors (Lipinski definition) is 5. The smallest absolute Gasteiger partial charge is 0.220 e. The number of methoxy groups -OCH3 is 1. The van der Waals surface area contributed by atoms with E-state index in [1.807, 2.05) is 0 Å². The lowest BCUT2D eigenvalue weighted by Crippen LogP contribution is -1.95. The Morgan fingerprint density at radius 3 is 2.68 bits per heavy atom. The highest BCUT2D eigenvalue weighted by molar-refractivity contribution is 5.53. The molecule has 96 valence electrons. The van der Waals surface area contributed by atoms with Gasteiger partial charge in [-0.2, -0.15) is 5.26 Å². The van der Waals surface area contributed by atoms with Crippen molar-refractivity contribution < 1.29 is 9.47 Å². The number of nitrogens with two attached hydrogens (primary N) is 1. The van der Waals surface area contributed by atoms with Gasteiger partial charge in [-0.15, -0.1) is 0 Å². The molecule has 0 fully saturated rings. The van der Waals surface area contributed by atoms with E-state index in [1.54, 1.807) is 44.4 Å². The fourth-order valence-corrected chi connectivity index (χ4v) is 1.64. The minimum Gasteiger partial charge on any atom is -0.493 e. The van der Waals surface area contributed by atoms with Gasteiger partial charge in [-0.3, -0.25) is 0 Å². The number of nitriles is 1. The van der Waals surface area contributed by atoms with Crippen LogP contribution in [0.1, 0.15) is 11.3 Å². The van der Waals surface area contributed by atoms with Crippen molar-refractivity contribution >= 4 is 5.69 Å². The van der Waals surface area contributed by atoms with Crippen molar-refractivity contribution in [2.45, 2.75) is 6.92 Å². The Kier molecular flexibility index (Phi) is 3.53. The van der Waals surface area contributed by atoms with Gasteiger partial charge in [0.05, 0.1) is 18.7 Å². The van der Waals surface area contributed by atoms with E-state index in [2.05, 4.69) is 11.1 Å². The number of rotatable bonds is 3. The molecule has 0 atom stereocenters. The Labute approximate surface area is 111 Å². The second-order valence-corrected chi connectivity index (χ2v) is 3.96. The maximum atomic E-state index is 8.92. The van der Waals surface area contributed by atoms with Crippen molar-refractivity contribution in [3.8, 4) is 23.4 Å². The lowest BCUT2D eigenvalue weighted by atomic mass is 10.2. The monoisotopic (exact) mass is 255 g/mol. The molecule has 5 heteroatoms. The van der Waals surface area contributed by atoms with Gasteiger partial charge in [0.1, 0.15) is 0 Å². The topological polar surface area (TPSA) is 81.2 Å². The first-order valence-electron chi connectivity index (χ1n) is 5.62. The van der Waals surface area contributed by atoms with Crippen LogP contribution in [0.3, 0.4) is 0 Å². The zero-order valence-corrected chi connectivity index (χ0v) is 10.7. The van der Waals surface area contributed by atoms with Crippen LogP contribution in [0.25, 0.3) is 0 Å². The molecule has 5 nitrogen and oxygen atoms in total. The summed E-state index contributed by atoms with van der Waals surface area (Å²) in [5.74, 6) is 1.35. The molecule has 1 aromatic heterocycles. The summed E-state index contributed by atoms with van der Waals surface area (Å²) in [6.45, 7) is 1.80. The minimum atomic E-state index is 0.334. The first-order chi connectivity index (χ1) is 9.12. The third-order valence-corrected chi connectivity index (χ3v) is 2.46. The lowest BCUT2D eigenvalue weighted by molar-refractivity contribution is 0.374. The van der Waals surface area contributed by atoms with Gasteiger partial charge in [-0.25, -0.2) is 4.98 Å². The average Bonchev–Trinajstić information content (AvgIpc) is 2.38. The van der Waals surface area contributed by atoms with Gasteiger partial charge in [0, 0.05) is 23.5 Å². The fraction of sp³-hybridized carbons (Fsp3) is 0.143. The molecule has 0 unspecified atom stereocenters. The van der Waals surface area contributed by atoms with Gasteiger partial charge in [-0.05, 0) is 25.1 Å². The number of benzene rings is 1. The zero-order chi connectivity index (χ0) is 13.8. The van der Waals surface area contributed by atoms with Crippen LogP contribution in [-0.4, -0.2) is 12.1 Å². The van der Waals surface area contributed by atoms with E-state index in [1.165, 1.54) is 0 Å². The predicted octanol–water partition coefficient (Wildman–Crippen LogP) is 2.64. The number of aryl methyl sites for hydroxylation is 1.